The third-order valence-corrected chi connectivity index (χ3v) is 5.49. The van der Waals surface area contributed by atoms with Crippen LogP contribution in [0.15, 0.2) is 74.5 Å². The number of aryl methyl sites for hydroxylation is 1. The molecule has 1 heterocycles. The number of aromatic amines is 1. The molecular formula is C20H15FN4O5S. The van der Waals surface area contributed by atoms with Gasteiger partial charge in [0.1, 0.15) is 22.1 Å². The molecule has 1 aromatic heterocycles. The van der Waals surface area contributed by atoms with Crippen molar-refractivity contribution in [3.8, 4) is 11.4 Å². The van der Waals surface area contributed by atoms with Crippen LogP contribution >= 0.6 is 0 Å². The van der Waals surface area contributed by atoms with Crippen molar-refractivity contribution in [2.24, 2.45) is 10.2 Å². The number of halogens is 1. The molecule has 4 aromatic rings. The van der Waals surface area contributed by atoms with Crippen molar-refractivity contribution in [3.63, 3.8) is 0 Å². The average molecular weight is 442 g/mol. The summed E-state index contributed by atoms with van der Waals surface area (Å²) in [5.74, 6) is -1.07. The van der Waals surface area contributed by atoms with E-state index in [-0.39, 0.29) is 27.8 Å². The second-order valence-corrected chi connectivity index (χ2v) is 8.06. The number of phenols is 1. The Balaban J connectivity index is 1.86. The van der Waals surface area contributed by atoms with Crippen LogP contribution < -0.4 is 5.56 Å². The standard InChI is InChI=1S/C20H15FN4O5S/c1-11-18(20(27)25(24-11)13-6-4-5-12(21)9-13)22-23-19-15-8-3-2-7-14(15)17(10-16(19)26)31(28,29)30/h2-10,24,26H,1H3,(H,28,29,30). The van der Waals surface area contributed by atoms with E-state index in [9.17, 15) is 27.3 Å². The average Bonchev–Trinajstić information content (AvgIpc) is 3.00. The summed E-state index contributed by atoms with van der Waals surface area (Å²) in [7, 11) is -4.60. The Bertz CT molecular complexity index is 1520. The molecule has 0 saturated heterocycles. The molecule has 3 N–H and O–H groups in total. The highest BCUT2D eigenvalue weighted by molar-refractivity contribution is 7.86. The summed E-state index contributed by atoms with van der Waals surface area (Å²) in [6.07, 6.45) is 0. The van der Waals surface area contributed by atoms with E-state index in [0.29, 0.717) is 5.69 Å². The van der Waals surface area contributed by atoms with Gasteiger partial charge in [0.05, 0.1) is 11.4 Å². The monoisotopic (exact) mass is 442 g/mol. The number of aromatic hydroxyl groups is 1. The molecule has 4 rings (SSSR count). The van der Waals surface area contributed by atoms with Crippen LogP contribution in [0.25, 0.3) is 16.5 Å². The largest absolute Gasteiger partial charge is 0.506 e. The molecular weight excluding hydrogens is 427 g/mol. The number of rotatable bonds is 4. The lowest BCUT2D eigenvalue weighted by atomic mass is 10.1. The van der Waals surface area contributed by atoms with Gasteiger partial charge in [0.25, 0.3) is 15.7 Å². The van der Waals surface area contributed by atoms with Gasteiger partial charge in [0.15, 0.2) is 5.69 Å². The van der Waals surface area contributed by atoms with E-state index in [0.717, 1.165) is 10.7 Å². The number of phenolic OH excluding ortho intramolecular Hbond substituents is 1. The molecule has 11 heteroatoms. The maximum Gasteiger partial charge on any atom is 0.299 e. The van der Waals surface area contributed by atoms with Crippen molar-refractivity contribution in [3.05, 3.63) is 76.5 Å². The lowest BCUT2D eigenvalue weighted by molar-refractivity contribution is 0.468. The maximum absolute atomic E-state index is 13.5. The van der Waals surface area contributed by atoms with Gasteiger partial charge in [-0.05, 0) is 25.1 Å². The molecule has 31 heavy (non-hydrogen) atoms. The van der Waals surface area contributed by atoms with E-state index in [1.165, 1.54) is 36.4 Å². The molecule has 158 valence electrons. The Morgan fingerprint density at radius 3 is 2.35 bits per heavy atom. The predicted molar refractivity (Wildman–Crippen MR) is 111 cm³/mol. The molecule has 3 aromatic carbocycles. The number of hydrogen-bond donors (Lipinski definition) is 3. The zero-order valence-electron chi connectivity index (χ0n) is 15.9. The smallest absolute Gasteiger partial charge is 0.299 e. The van der Waals surface area contributed by atoms with Crippen LogP contribution in [0.2, 0.25) is 0 Å². The number of fused-ring (bicyclic) bond motifs is 1. The van der Waals surface area contributed by atoms with Crippen molar-refractivity contribution < 1.29 is 22.5 Å². The molecule has 0 unspecified atom stereocenters. The van der Waals surface area contributed by atoms with E-state index in [1.54, 1.807) is 19.1 Å². The van der Waals surface area contributed by atoms with Crippen molar-refractivity contribution in [2.45, 2.75) is 11.8 Å². The Kier molecular flexibility index (Phi) is 4.91. The fourth-order valence-electron chi connectivity index (χ4n) is 3.18. The third kappa shape index (κ3) is 3.71. The van der Waals surface area contributed by atoms with Crippen molar-refractivity contribution in [1.82, 2.24) is 9.78 Å². The zero-order valence-corrected chi connectivity index (χ0v) is 16.8. The van der Waals surface area contributed by atoms with Crippen molar-refractivity contribution in [1.29, 1.82) is 0 Å². The van der Waals surface area contributed by atoms with E-state index < -0.39 is 32.1 Å². The van der Waals surface area contributed by atoms with E-state index in [4.69, 9.17) is 0 Å². The number of azo groups is 1. The maximum atomic E-state index is 13.5. The van der Waals surface area contributed by atoms with Gasteiger partial charge < -0.3 is 5.11 Å². The molecule has 0 radical (unpaired) electrons. The van der Waals surface area contributed by atoms with Crippen LogP contribution in [-0.4, -0.2) is 27.9 Å². The molecule has 0 atom stereocenters. The minimum atomic E-state index is -4.60. The first kappa shape index (κ1) is 20.4. The molecule has 0 amide bonds. The fourth-order valence-corrected chi connectivity index (χ4v) is 3.90. The Labute approximate surface area is 174 Å². The summed E-state index contributed by atoms with van der Waals surface area (Å²) in [4.78, 5) is 12.3. The quantitative estimate of drug-likeness (QED) is 0.322. The van der Waals surface area contributed by atoms with Gasteiger partial charge in [-0.3, -0.25) is 14.4 Å². The first-order valence-corrected chi connectivity index (χ1v) is 10.3. The molecule has 0 aliphatic carbocycles. The number of nitrogens with one attached hydrogen (secondary N) is 1. The summed E-state index contributed by atoms with van der Waals surface area (Å²) < 4.78 is 47.4. The number of hydrogen-bond acceptors (Lipinski definition) is 6. The predicted octanol–water partition coefficient (Wildman–Crippen LogP) is 4.13. The second-order valence-electron chi connectivity index (χ2n) is 6.67. The molecule has 0 fully saturated rings. The van der Waals surface area contributed by atoms with Gasteiger partial charge in [-0.1, -0.05) is 30.3 Å². The van der Waals surface area contributed by atoms with E-state index >= 15 is 0 Å². The van der Waals surface area contributed by atoms with Crippen LogP contribution in [0.1, 0.15) is 5.69 Å². The van der Waals surface area contributed by atoms with E-state index in [1.807, 2.05) is 0 Å². The Morgan fingerprint density at radius 1 is 1.00 bits per heavy atom. The van der Waals surface area contributed by atoms with Gasteiger partial charge in [-0.2, -0.15) is 8.42 Å². The molecule has 0 spiro atoms. The van der Waals surface area contributed by atoms with Crippen LogP contribution in [0.3, 0.4) is 0 Å². The first-order valence-electron chi connectivity index (χ1n) is 8.88. The minimum absolute atomic E-state index is 0.0772. The van der Waals surface area contributed by atoms with Crippen molar-refractivity contribution in [2.75, 3.05) is 0 Å². The topological polar surface area (TPSA) is 137 Å². The Morgan fingerprint density at radius 2 is 1.68 bits per heavy atom. The summed E-state index contributed by atoms with van der Waals surface area (Å²) in [5, 5.41) is 21.3. The normalized spacial score (nSPS) is 12.1. The van der Waals surface area contributed by atoms with Gasteiger partial charge in [-0.15, -0.1) is 10.2 Å². The molecule has 0 aliphatic rings. The second kappa shape index (κ2) is 7.45. The fraction of sp³-hybridized carbons (Fsp3) is 0.0500. The molecule has 0 aliphatic heterocycles. The lowest BCUT2D eigenvalue weighted by Gasteiger charge is -2.08. The number of H-pyrrole nitrogens is 1. The van der Waals surface area contributed by atoms with Crippen LogP contribution in [0.4, 0.5) is 15.8 Å². The molecule has 0 saturated carbocycles. The van der Waals surface area contributed by atoms with Gasteiger partial charge >= 0.3 is 0 Å². The minimum Gasteiger partial charge on any atom is -0.506 e. The summed E-state index contributed by atoms with van der Waals surface area (Å²) in [6.45, 7) is 1.57. The first-order chi connectivity index (χ1) is 14.7. The van der Waals surface area contributed by atoms with Gasteiger partial charge in [0, 0.05) is 16.8 Å². The SMILES string of the molecule is Cc1[nH]n(-c2cccc(F)c2)c(=O)c1N=Nc1c(O)cc(S(=O)(=O)O)c2ccccc12. The molecule has 0 bridgehead atoms. The summed E-state index contributed by atoms with van der Waals surface area (Å²) in [6, 6.07) is 12.4. The van der Waals surface area contributed by atoms with Gasteiger partial charge in [0.2, 0.25) is 0 Å². The highest BCUT2D eigenvalue weighted by Gasteiger charge is 2.20. The lowest BCUT2D eigenvalue weighted by Crippen LogP contribution is -2.14. The van der Waals surface area contributed by atoms with Crippen molar-refractivity contribution >= 4 is 32.3 Å². The highest BCUT2D eigenvalue weighted by Crippen LogP contribution is 2.39. The molecule has 9 nitrogen and oxygen atoms in total. The highest BCUT2D eigenvalue weighted by atomic mass is 32.2. The van der Waals surface area contributed by atoms with Crippen LogP contribution in [-0.2, 0) is 10.1 Å². The third-order valence-electron chi connectivity index (χ3n) is 4.59. The zero-order chi connectivity index (χ0) is 22.3. The number of aromatic nitrogens is 2. The summed E-state index contributed by atoms with van der Waals surface area (Å²) in [5.41, 5.74) is -0.145. The summed E-state index contributed by atoms with van der Waals surface area (Å²) >= 11 is 0. The van der Waals surface area contributed by atoms with E-state index in [2.05, 4.69) is 15.3 Å². The van der Waals surface area contributed by atoms with Gasteiger partial charge in [-0.25, -0.2) is 9.07 Å². The number of benzene rings is 3. The number of nitrogens with zero attached hydrogens (tertiary/aromatic N) is 3. The van der Waals surface area contributed by atoms with Crippen LogP contribution in [0.5, 0.6) is 5.75 Å². The van der Waals surface area contributed by atoms with Crippen LogP contribution in [0, 0.1) is 12.7 Å². The Hall–Kier alpha value is -3.83.